The van der Waals surface area contributed by atoms with Gasteiger partial charge in [-0.05, 0) is 18.2 Å². The topological polar surface area (TPSA) is 24.1 Å². The SMILES string of the molecule is CNCCNCc1cccc(CCF)c1C(F)(F)F. The number of nitrogens with one attached hydrogen (secondary N) is 2. The molecule has 0 aliphatic carbocycles. The maximum Gasteiger partial charge on any atom is 0.416 e. The summed E-state index contributed by atoms with van der Waals surface area (Å²) in [6.45, 7) is 0.572. The van der Waals surface area contributed by atoms with Gasteiger partial charge in [-0.3, -0.25) is 4.39 Å². The molecule has 6 heteroatoms. The lowest BCUT2D eigenvalue weighted by atomic mass is 9.98. The van der Waals surface area contributed by atoms with E-state index in [9.17, 15) is 17.6 Å². The fraction of sp³-hybridized carbons (Fsp3) is 0.538. The number of likely N-dealkylation sites (N-methyl/N-ethyl adjacent to an activating group) is 1. The Morgan fingerprint density at radius 1 is 1.11 bits per heavy atom. The molecular weight excluding hydrogens is 260 g/mol. The first-order valence-electron chi connectivity index (χ1n) is 6.10. The minimum atomic E-state index is -4.45. The third-order valence-corrected chi connectivity index (χ3v) is 2.75. The van der Waals surface area contributed by atoms with Crippen molar-refractivity contribution in [2.75, 3.05) is 26.8 Å². The molecular formula is C13H18F4N2. The van der Waals surface area contributed by atoms with Gasteiger partial charge in [-0.2, -0.15) is 13.2 Å². The zero-order chi connectivity index (χ0) is 14.3. The number of aryl methyl sites for hydroxylation is 1. The first-order chi connectivity index (χ1) is 9.00. The second-order valence-electron chi connectivity index (χ2n) is 4.17. The predicted octanol–water partition coefficient (Wildman–Crippen LogP) is 2.53. The Bertz CT molecular complexity index is 391. The maximum absolute atomic E-state index is 13.0. The minimum Gasteiger partial charge on any atom is -0.318 e. The zero-order valence-corrected chi connectivity index (χ0v) is 10.8. The number of rotatable bonds is 7. The summed E-state index contributed by atoms with van der Waals surface area (Å²) >= 11 is 0. The molecule has 2 nitrogen and oxygen atoms in total. The zero-order valence-electron chi connectivity index (χ0n) is 10.8. The number of benzene rings is 1. The molecule has 108 valence electrons. The van der Waals surface area contributed by atoms with Crippen molar-refractivity contribution in [3.63, 3.8) is 0 Å². The van der Waals surface area contributed by atoms with Crippen molar-refractivity contribution < 1.29 is 17.6 Å². The van der Waals surface area contributed by atoms with Crippen LogP contribution in [-0.4, -0.2) is 26.8 Å². The van der Waals surface area contributed by atoms with E-state index in [1.165, 1.54) is 18.2 Å². The van der Waals surface area contributed by atoms with Gasteiger partial charge in [-0.25, -0.2) is 0 Å². The van der Waals surface area contributed by atoms with E-state index in [4.69, 9.17) is 0 Å². The number of alkyl halides is 4. The molecule has 0 amide bonds. The Labute approximate surface area is 110 Å². The van der Waals surface area contributed by atoms with Gasteiger partial charge in [0.05, 0.1) is 12.2 Å². The van der Waals surface area contributed by atoms with E-state index >= 15 is 0 Å². The van der Waals surface area contributed by atoms with E-state index < -0.39 is 18.4 Å². The van der Waals surface area contributed by atoms with Crippen molar-refractivity contribution >= 4 is 0 Å². The van der Waals surface area contributed by atoms with Crippen LogP contribution in [0.5, 0.6) is 0 Å². The van der Waals surface area contributed by atoms with Crippen LogP contribution in [0.2, 0.25) is 0 Å². The summed E-state index contributed by atoms with van der Waals surface area (Å²) in [5, 5.41) is 5.82. The summed E-state index contributed by atoms with van der Waals surface area (Å²) in [6.07, 6.45) is -4.66. The number of hydrogen-bond donors (Lipinski definition) is 2. The van der Waals surface area contributed by atoms with Crippen molar-refractivity contribution in [1.29, 1.82) is 0 Å². The van der Waals surface area contributed by atoms with Crippen molar-refractivity contribution in [3.05, 3.63) is 34.9 Å². The van der Waals surface area contributed by atoms with Crippen molar-refractivity contribution in [3.8, 4) is 0 Å². The molecule has 1 rings (SSSR count). The van der Waals surface area contributed by atoms with Crippen molar-refractivity contribution in [1.82, 2.24) is 10.6 Å². The Hall–Kier alpha value is -1.14. The van der Waals surface area contributed by atoms with Gasteiger partial charge in [0.15, 0.2) is 0 Å². The average Bonchev–Trinajstić information content (AvgIpc) is 2.34. The van der Waals surface area contributed by atoms with Gasteiger partial charge >= 0.3 is 6.18 Å². The molecule has 0 aliphatic rings. The van der Waals surface area contributed by atoms with Gasteiger partial charge in [0.25, 0.3) is 0 Å². The normalized spacial score (nSPS) is 11.8. The smallest absolute Gasteiger partial charge is 0.318 e. The van der Waals surface area contributed by atoms with Crippen molar-refractivity contribution in [2.24, 2.45) is 0 Å². The Morgan fingerprint density at radius 3 is 2.37 bits per heavy atom. The second-order valence-corrected chi connectivity index (χ2v) is 4.17. The van der Waals surface area contributed by atoms with E-state index in [2.05, 4.69) is 10.6 Å². The van der Waals surface area contributed by atoms with E-state index in [1.807, 2.05) is 0 Å². The van der Waals surface area contributed by atoms with Crippen LogP contribution in [0.3, 0.4) is 0 Å². The molecule has 2 N–H and O–H groups in total. The molecule has 0 aromatic heterocycles. The molecule has 1 aromatic carbocycles. The Kier molecular flexibility index (Phi) is 6.24. The molecule has 0 heterocycles. The van der Waals surface area contributed by atoms with Crippen LogP contribution < -0.4 is 10.6 Å². The standard InChI is InChI=1S/C13H18F4N2/c1-18-7-8-19-9-11-4-2-3-10(5-6-14)12(11)13(15,16)17/h2-4,18-19H,5-9H2,1H3. The lowest BCUT2D eigenvalue weighted by Gasteiger charge is -2.17. The molecule has 0 aliphatic heterocycles. The summed E-state index contributed by atoms with van der Waals surface area (Å²) in [4.78, 5) is 0. The Balaban J connectivity index is 2.92. The van der Waals surface area contributed by atoms with Crippen molar-refractivity contribution in [2.45, 2.75) is 19.1 Å². The third-order valence-electron chi connectivity index (χ3n) is 2.75. The monoisotopic (exact) mass is 278 g/mol. The van der Waals surface area contributed by atoms with Gasteiger partial charge in [0, 0.05) is 26.1 Å². The molecule has 19 heavy (non-hydrogen) atoms. The van der Waals surface area contributed by atoms with Crippen LogP contribution in [0.15, 0.2) is 18.2 Å². The highest BCUT2D eigenvalue weighted by Crippen LogP contribution is 2.35. The maximum atomic E-state index is 13.0. The second kappa shape index (κ2) is 7.45. The lowest BCUT2D eigenvalue weighted by Crippen LogP contribution is -2.26. The molecule has 1 aromatic rings. The van der Waals surface area contributed by atoms with Gasteiger partial charge in [0.2, 0.25) is 0 Å². The summed E-state index contributed by atoms with van der Waals surface area (Å²) in [6, 6.07) is 4.30. The lowest BCUT2D eigenvalue weighted by molar-refractivity contribution is -0.138. The van der Waals surface area contributed by atoms with E-state index in [0.717, 1.165) is 0 Å². The van der Waals surface area contributed by atoms with Crippen LogP contribution in [0, 0.1) is 0 Å². The summed E-state index contributed by atoms with van der Waals surface area (Å²) in [7, 11) is 1.77. The molecule has 0 spiro atoms. The highest BCUT2D eigenvalue weighted by molar-refractivity contribution is 5.37. The molecule has 0 unspecified atom stereocenters. The van der Waals surface area contributed by atoms with Crippen LogP contribution in [-0.2, 0) is 19.1 Å². The highest BCUT2D eigenvalue weighted by atomic mass is 19.4. The summed E-state index contributed by atoms with van der Waals surface area (Å²) < 4.78 is 51.5. The van der Waals surface area contributed by atoms with Gasteiger partial charge in [-0.15, -0.1) is 0 Å². The minimum absolute atomic E-state index is 0.0166. The third kappa shape index (κ3) is 4.80. The van der Waals surface area contributed by atoms with Gasteiger partial charge in [-0.1, -0.05) is 18.2 Å². The van der Waals surface area contributed by atoms with Gasteiger partial charge < -0.3 is 10.6 Å². The molecule has 0 bridgehead atoms. The molecule has 0 saturated carbocycles. The number of halogens is 4. The molecule has 0 radical (unpaired) electrons. The van der Waals surface area contributed by atoms with Crippen LogP contribution in [0.1, 0.15) is 16.7 Å². The molecule has 0 saturated heterocycles. The first-order valence-corrected chi connectivity index (χ1v) is 6.10. The fourth-order valence-electron chi connectivity index (χ4n) is 1.91. The van der Waals surface area contributed by atoms with Crippen LogP contribution in [0.25, 0.3) is 0 Å². The van der Waals surface area contributed by atoms with Gasteiger partial charge in [0.1, 0.15) is 0 Å². The Morgan fingerprint density at radius 2 is 1.79 bits per heavy atom. The van der Waals surface area contributed by atoms with E-state index in [-0.39, 0.29) is 24.1 Å². The van der Waals surface area contributed by atoms with E-state index in [0.29, 0.717) is 13.1 Å². The summed E-state index contributed by atoms with van der Waals surface area (Å²) in [5.74, 6) is 0. The highest BCUT2D eigenvalue weighted by Gasteiger charge is 2.35. The molecule has 0 fully saturated rings. The van der Waals surface area contributed by atoms with Crippen LogP contribution in [0.4, 0.5) is 17.6 Å². The molecule has 0 atom stereocenters. The predicted molar refractivity (Wildman–Crippen MR) is 66.8 cm³/mol. The quantitative estimate of drug-likeness (QED) is 0.591. The first kappa shape index (κ1) is 15.9. The fourth-order valence-corrected chi connectivity index (χ4v) is 1.91. The van der Waals surface area contributed by atoms with Crippen LogP contribution >= 0.6 is 0 Å². The largest absolute Gasteiger partial charge is 0.416 e. The number of hydrogen-bond acceptors (Lipinski definition) is 2. The van der Waals surface area contributed by atoms with E-state index in [1.54, 1.807) is 7.05 Å². The average molecular weight is 278 g/mol. The summed E-state index contributed by atoms with van der Waals surface area (Å²) in [5.41, 5.74) is -0.526.